The molecule has 15 heavy (non-hydrogen) atoms. The minimum atomic E-state index is 0.165. The summed E-state index contributed by atoms with van der Waals surface area (Å²) in [4.78, 5) is 3.73. The van der Waals surface area contributed by atoms with Gasteiger partial charge in [-0.1, -0.05) is 6.07 Å². The van der Waals surface area contributed by atoms with Crippen LogP contribution in [0.15, 0.2) is 17.5 Å². The normalized spacial score (nSPS) is 14.5. The fraction of sp³-hybridized carbons (Fsp3) is 0.667. The van der Waals surface area contributed by atoms with Crippen LogP contribution >= 0.6 is 11.3 Å². The van der Waals surface area contributed by atoms with Gasteiger partial charge in [-0.25, -0.2) is 0 Å². The molecule has 1 rings (SSSR count). The molecule has 0 radical (unpaired) electrons. The largest absolute Gasteiger partial charge is 0.315 e. The molecule has 0 amide bonds. The van der Waals surface area contributed by atoms with Gasteiger partial charge in [0.05, 0.1) is 0 Å². The van der Waals surface area contributed by atoms with Gasteiger partial charge in [0.25, 0.3) is 0 Å². The lowest BCUT2D eigenvalue weighted by Crippen LogP contribution is -2.55. The Hall–Kier alpha value is -0.380. The molecule has 0 saturated heterocycles. The van der Waals surface area contributed by atoms with Gasteiger partial charge in [0, 0.05) is 16.5 Å². The number of nitrogens with one attached hydrogen (secondary N) is 1. The summed E-state index contributed by atoms with van der Waals surface area (Å²) >= 11 is 1.84. The second-order valence-corrected chi connectivity index (χ2v) is 5.71. The maximum atomic E-state index is 3.43. The van der Waals surface area contributed by atoms with Crippen LogP contribution in [0, 0.1) is 0 Å². The highest BCUT2D eigenvalue weighted by Crippen LogP contribution is 2.21. The Balaban J connectivity index is 2.71. The fourth-order valence-corrected chi connectivity index (χ4v) is 2.40. The quantitative estimate of drug-likeness (QED) is 0.828. The number of thiophene rings is 1. The van der Waals surface area contributed by atoms with Crippen LogP contribution in [-0.2, 0) is 6.42 Å². The van der Waals surface area contributed by atoms with Gasteiger partial charge in [-0.15, -0.1) is 11.3 Å². The predicted octanol–water partition coefficient (Wildman–Crippen LogP) is 2.22. The summed E-state index contributed by atoms with van der Waals surface area (Å²) in [6, 6.07) is 4.81. The third-order valence-corrected chi connectivity index (χ3v) is 4.24. The van der Waals surface area contributed by atoms with E-state index in [2.05, 4.69) is 55.7 Å². The molecule has 0 saturated carbocycles. The molecule has 2 nitrogen and oxygen atoms in total. The Morgan fingerprint density at radius 1 is 1.47 bits per heavy atom. The van der Waals surface area contributed by atoms with Crippen LogP contribution < -0.4 is 5.32 Å². The zero-order chi connectivity index (χ0) is 11.5. The molecular formula is C12H22N2S. The smallest absolute Gasteiger partial charge is 0.0303 e. The van der Waals surface area contributed by atoms with Gasteiger partial charge >= 0.3 is 0 Å². The Bertz CT molecular complexity index is 278. The summed E-state index contributed by atoms with van der Waals surface area (Å²) in [6.45, 7) is 4.56. The second-order valence-electron chi connectivity index (χ2n) is 4.67. The molecule has 0 spiro atoms. The highest BCUT2D eigenvalue weighted by molar-refractivity contribution is 7.09. The maximum absolute atomic E-state index is 3.43. The summed E-state index contributed by atoms with van der Waals surface area (Å²) in [6.07, 6.45) is 1.10. The van der Waals surface area contributed by atoms with Gasteiger partial charge in [-0.2, -0.15) is 0 Å². The summed E-state index contributed by atoms with van der Waals surface area (Å²) in [7, 11) is 6.32. The van der Waals surface area contributed by atoms with E-state index < -0.39 is 0 Å². The molecule has 86 valence electrons. The van der Waals surface area contributed by atoms with Crippen LogP contribution in [0.4, 0.5) is 0 Å². The van der Waals surface area contributed by atoms with E-state index in [4.69, 9.17) is 0 Å². The Morgan fingerprint density at radius 2 is 2.13 bits per heavy atom. The third-order valence-electron chi connectivity index (χ3n) is 3.34. The third kappa shape index (κ3) is 3.03. The zero-order valence-corrected chi connectivity index (χ0v) is 11.2. The van der Waals surface area contributed by atoms with Gasteiger partial charge in [0.2, 0.25) is 0 Å². The lowest BCUT2D eigenvalue weighted by atomic mass is 9.90. The second kappa shape index (κ2) is 5.10. The van der Waals surface area contributed by atoms with Crippen molar-refractivity contribution in [1.29, 1.82) is 0 Å². The van der Waals surface area contributed by atoms with Crippen molar-refractivity contribution < 1.29 is 0 Å². The first-order valence-corrected chi connectivity index (χ1v) is 6.23. The lowest BCUT2D eigenvalue weighted by Gasteiger charge is -2.40. The van der Waals surface area contributed by atoms with Crippen molar-refractivity contribution in [3.05, 3.63) is 22.4 Å². The average molecular weight is 226 g/mol. The molecule has 3 heteroatoms. The number of likely N-dealkylation sites (N-methyl/N-ethyl adjacent to an activating group) is 2. The number of hydrogen-bond acceptors (Lipinski definition) is 3. The molecule has 1 N–H and O–H groups in total. The van der Waals surface area contributed by atoms with E-state index in [1.54, 1.807) is 0 Å². The highest BCUT2D eigenvalue weighted by atomic mass is 32.1. The molecule has 0 aromatic carbocycles. The first-order valence-electron chi connectivity index (χ1n) is 5.35. The number of hydrogen-bond donors (Lipinski definition) is 1. The molecule has 0 aliphatic rings. The zero-order valence-electron chi connectivity index (χ0n) is 10.4. The van der Waals surface area contributed by atoms with E-state index in [0.717, 1.165) is 6.42 Å². The van der Waals surface area contributed by atoms with Crippen molar-refractivity contribution in [1.82, 2.24) is 10.2 Å². The van der Waals surface area contributed by atoms with E-state index in [0.29, 0.717) is 6.04 Å². The average Bonchev–Trinajstić information content (AvgIpc) is 2.65. The highest BCUT2D eigenvalue weighted by Gasteiger charge is 2.30. The Morgan fingerprint density at radius 3 is 2.53 bits per heavy atom. The lowest BCUT2D eigenvalue weighted by molar-refractivity contribution is 0.142. The molecule has 1 atom stereocenters. The minimum absolute atomic E-state index is 0.165. The van der Waals surface area contributed by atoms with E-state index in [1.807, 2.05) is 18.4 Å². The van der Waals surface area contributed by atoms with Crippen LogP contribution in [0.25, 0.3) is 0 Å². The molecule has 0 bridgehead atoms. The molecular weight excluding hydrogens is 204 g/mol. The van der Waals surface area contributed by atoms with Crippen LogP contribution in [-0.4, -0.2) is 37.6 Å². The molecule has 1 unspecified atom stereocenters. The summed E-state index contributed by atoms with van der Waals surface area (Å²) < 4.78 is 0. The van der Waals surface area contributed by atoms with E-state index in [1.165, 1.54) is 4.88 Å². The Kier molecular flexibility index (Phi) is 4.32. The summed E-state index contributed by atoms with van der Waals surface area (Å²) in [5.74, 6) is 0. The van der Waals surface area contributed by atoms with Gasteiger partial charge < -0.3 is 10.2 Å². The van der Waals surface area contributed by atoms with Gasteiger partial charge in [-0.3, -0.25) is 0 Å². The van der Waals surface area contributed by atoms with Gasteiger partial charge in [0.15, 0.2) is 0 Å². The van der Waals surface area contributed by atoms with Crippen LogP contribution in [0.1, 0.15) is 18.7 Å². The topological polar surface area (TPSA) is 15.3 Å². The van der Waals surface area contributed by atoms with E-state index in [-0.39, 0.29) is 5.54 Å². The summed E-state index contributed by atoms with van der Waals surface area (Å²) in [5, 5.41) is 5.57. The van der Waals surface area contributed by atoms with Crippen molar-refractivity contribution in [2.24, 2.45) is 0 Å². The van der Waals surface area contributed by atoms with E-state index in [9.17, 15) is 0 Å². The fourth-order valence-electron chi connectivity index (χ4n) is 1.65. The van der Waals surface area contributed by atoms with Gasteiger partial charge in [0.1, 0.15) is 0 Å². The molecule has 1 aromatic heterocycles. The van der Waals surface area contributed by atoms with Gasteiger partial charge in [-0.05, 0) is 52.9 Å². The van der Waals surface area contributed by atoms with Crippen molar-refractivity contribution in [2.75, 3.05) is 21.1 Å². The molecule has 0 aliphatic carbocycles. The molecule has 0 fully saturated rings. The number of nitrogens with zero attached hydrogens (tertiary/aromatic N) is 1. The summed E-state index contributed by atoms with van der Waals surface area (Å²) in [5.41, 5.74) is 0.165. The molecule has 0 aliphatic heterocycles. The first kappa shape index (κ1) is 12.7. The first-order chi connectivity index (χ1) is 6.98. The van der Waals surface area contributed by atoms with Crippen molar-refractivity contribution in [2.45, 2.75) is 31.8 Å². The minimum Gasteiger partial charge on any atom is -0.315 e. The van der Waals surface area contributed by atoms with Crippen molar-refractivity contribution in [3.8, 4) is 0 Å². The Labute approximate surface area is 97.3 Å². The molecule has 1 heterocycles. The standard InChI is InChI=1S/C12H22N2S/c1-12(2,14(4)5)11(13-3)9-10-7-6-8-15-10/h6-8,11,13H,9H2,1-5H3. The predicted molar refractivity (Wildman–Crippen MR) is 68.6 cm³/mol. The maximum Gasteiger partial charge on any atom is 0.0303 e. The monoisotopic (exact) mass is 226 g/mol. The van der Waals surface area contributed by atoms with Crippen molar-refractivity contribution >= 4 is 11.3 Å². The van der Waals surface area contributed by atoms with Crippen molar-refractivity contribution in [3.63, 3.8) is 0 Å². The van der Waals surface area contributed by atoms with Crippen LogP contribution in [0.5, 0.6) is 0 Å². The van der Waals surface area contributed by atoms with Crippen LogP contribution in [0.2, 0.25) is 0 Å². The van der Waals surface area contributed by atoms with E-state index >= 15 is 0 Å². The SMILES string of the molecule is CNC(Cc1cccs1)C(C)(C)N(C)C. The molecule has 1 aromatic rings. The number of rotatable bonds is 5. The van der Waals surface area contributed by atoms with Crippen LogP contribution in [0.3, 0.4) is 0 Å².